The van der Waals surface area contributed by atoms with E-state index in [2.05, 4.69) is 24.5 Å². The van der Waals surface area contributed by atoms with E-state index in [-0.39, 0.29) is 18.1 Å². The van der Waals surface area contributed by atoms with Gasteiger partial charge in [0.15, 0.2) is 0 Å². The topological polar surface area (TPSA) is 61.4 Å². The molecule has 0 saturated heterocycles. The molecule has 0 atom stereocenters. The van der Waals surface area contributed by atoms with E-state index in [4.69, 9.17) is 5.11 Å². The van der Waals surface area contributed by atoms with Crippen LogP contribution in [0.2, 0.25) is 0 Å². The molecule has 1 rings (SSSR count). The zero-order chi connectivity index (χ0) is 12.7. The van der Waals surface area contributed by atoms with Crippen LogP contribution in [0.4, 0.5) is 4.79 Å². The smallest absolute Gasteiger partial charge is 0.314 e. The molecule has 1 saturated carbocycles. The lowest BCUT2D eigenvalue weighted by Gasteiger charge is -2.37. The van der Waals surface area contributed by atoms with Crippen LogP contribution in [0.3, 0.4) is 0 Å². The SMILES string of the molecule is CC(C)(CNC(=O)NCCO)C1CCCCC1. The second-order valence-electron chi connectivity index (χ2n) is 5.66. The number of hydrogen-bond acceptors (Lipinski definition) is 2. The van der Waals surface area contributed by atoms with Gasteiger partial charge < -0.3 is 15.7 Å². The fraction of sp³-hybridized carbons (Fsp3) is 0.923. The van der Waals surface area contributed by atoms with Crippen molar-refractivity contribution >= 4 is 6.03 Å². The quantitative estimate of drug-likeness (QED) is 0.689. The summed E-state index contributed by atoms with van der Waals surface area (Å²) in [7, 11) is 0. The Morgan fingerprint density at radius 2 is 1.88 bits per heavy atom. The number of urea groups is 1. The van der Waals surface area contributed by atoms with E-state index in [0.717, 1.165) is 5.92 Å². The van der Waals surface area contributed by atoms with Crippen LogP contribution in [-0.4, -0.2) is 30.8 Å². The minimum atomic E-state index is -0.178. The molecule has 0 aromatic rings. The minimum absolute atomic E-state index is 0.0144. The van der Waals surface area contributed by atoms with Gasteiger partial charge in [0.2, 0.25) is 0 Å². The van der Waals surface area contributed by atoms with E-state index >= 15 is 0 Å². The monoisotopic (exact) mass is 242 g/mol. The summed E-state index contributed by atoms with van der Waals surface area (Å²) in [6, 6.07) is -0.178. The number of rotatable bonds is 5. The van der Waals surface area contributed by atoms with Crippen molar-refractivity contribution in [1.29, 1.82) is 0 Å². The molecule has 4 heteroatoms. The number of aliphatic hydroxyl groups excluding tert-OH is 1. The third-order valence-electron chi connectivity index (χ3n) is 3.81. The molecule has 4 nitrogen and oxygen atoms in total. The Bertz CT molecular complexity index is 236. The lowest BCUT2D eigenvalue weighted by atomic mass is 9.71. The van der Waals surface area contributed by atoms with Gasteiger partial charge >= 0.3 is 6.03 Å². The van der Waals surface area contributed by atoms with Gasteiger partial charge in [-0.1, -0.05) is 33.1 Å². The summed E-state index contributed by atoms with van der Waals surface area (Å²) in [5, 5.41) is 14.1. The highest BCUT2D eigenvalue weighted by Crippen LogP contribution is 2.37. The molecule has 0 aliphatic heterocycles. The second kappa shape index (κ2) is 6.84. The summed E-state index contributed by atoms with van der Waals surface area (Å²) in [5.74, 6) is 0.717. The maximum Gasteiger partial charge on any atom is 0.314 e. The maximum absolute atomic E-state index is 11.4. The minimum Gasteiger partial charge on any atom is -0.395 e. The first-order valence-electron chi connectivity index (χ1n) is 6.69. The van der Waals surface area contributed by atoms with Crippen molar-refractivity contribution in [2.75, 3.05) is 19.7 Å². The number of carbonyl (C=O) groups excluding carboxylic acids is 1. The summed E-state index contributed by atoms with van der Waals surface area (Å²) in [5.41, 5.74) is 0.164. The summed E-state index contributed by atoms with van der Waals surface area (Å²) in [6.07, 6.45) is 6.58. The highest BCUT2D eigenvalue weighted by atomic mass is 16.3. The molecule has 0 aromatic carbocycles. The van der Waals surface area contributed by atoms with Gasteiger partial charge in [-0.15, -0.1) is 0 Å². The van der Waals surface area contributed by atoms with Gasteiger partial charge in [0.1, 0.15) is 0 Å². The first kappa shape index (κ1) is 14.3. The fourth-order valence-electron chi connectivity index (χ4n) is 2.57. The molecule has 0 bridgehead atoms. The van der Waals surface area contributed by atoms with E-state index in [9.17, 15) is 4.79 Å². The number of hydrogen-bond donors (Lipinski definition) is 3. The first-order valence-corrected chi connectivity index (χ1v) is 6.69. The van der Waals surface area contributed by atoms with Crippen LogP contribution in [-0.2, 0) is 0 Å². The Kier molecular flexibility index (Phi) is 5.75. The molecule has 1 aliphatic carbocycles. The third-order valence-corrected chi connectivity index (χ3v) is 3.81. The molecule has 2 amide bonds. The number of carbonyl (C=O) groups is 1. The van der Waals surface area contributed by atoms with Crippen molar-refractivity contribution in [3.05, 3.63) is 0 Å². The van der Waals surface area contributed by atoms with E-state index < -0.39 is 0 Å². The normalized spacial score (nSPS) is 17.8. The summed E-state index contributed by atoms with van der Waals surface area (Å²) in [6.45, 7) is 5.47. The Morgan fingerprint density at radius 3 is 2.47 bits per heavy atom. The van der Waals surface area contributed by atoms with Crippen LogP contribution in [0, 0.1) is 11.3 Å². The average Bonchev–Trinajstić information content (AvgIpc) is 2.35. The van der Waals surface area contributed by atoms with Gasteiger partial charge in [-0.05, 0) is 24.2 Å². The van der Waals surface area contributed by atoms with E-state index in [1.807, 2.05) is 0 Å². The van der Waals surface area contributed by atoms with Gasteiger partial charge in [-0.25, -0.2) is 4.79 Å². The van der Waals surface area contributed by atoms with Crippen molar-refractivity contribution in [2.45, 2.75) is 46.0 Å². The van der Waals surface area contributed by atoms with E-state index in [1.54, 1.807) is 0 Å². The lowest BCUT2D eigenvalue weighted by molar-refractivity contribution is 0.154. The zero-order valence-corrected chi connectivity index (χ0v) is 11.1. The van der Waals surface area contributed by atoms with Crippen LogP contribution < -0.4 is 10.6 Å². The van der Waals surface area contributed by atoms with Gasteiger partial charge in [-0.3, -0.25) is 0 Å². The van der Waals surface area contributed by atoms with E-state index in [1.165, 1.54) is 32.1 Å². The molecule has 3 N–H and O–H groups in total. The van der Waals surface area contributed by atoms with Gasteiger partial charge in [0.25, 0.3) is 0 Å². The molecule has 1 aliphatic rings. The largest absolute Gasteiger partial charge is 0.395 e. The van der Waals surface area contributed by atoms with Crippen LogP contribution in [0.5, 0.6) is 0 Å². The molecule has 0 radical (unpaired) electrons. The first-order chi connectivity index (χ1) is 8.06. The highest BCUT2D eigenvalue weighted by Gasteiger charge is 2.30. The van der Waals surface area contributed by atoms with Crippen LogP contribution in [0.25, 0.3) is 0 Å². The summed E-state index contributed by atoms with van der Waals surface area (Å²) in [4.78, 5) is 11.4. The highest BCUT2D eigenvalue weighted by molar-refractivity contribution is 5.73. The summed E-state index contributed by atoms with van der Waals surface area (Å²) < 4.78 is 0. The van der Waals surface area contributed by atoms with Crippen LogP contribution in [0.1, 0.15) is 46.0 Å². The molecule has 0 heterocycles. The Hall–Kier alpha value is -0.770. The van der Waals surface area contributed by atoms with Crippen LogP contribution >= 0.6 is 0 Å². The average molecular weight is 242 g/mol. The van der Waals surface area contributed by atoms with Crippen molar-refractivity contribution in [1.82, 2.24) is 10.6 Å². The Morgan fingerprint density at radius 1 is 1.24 bits per heavy atom. The van der Waals surface area contributed by atoms with Crippen molar-refractivity contribution in [2.24, 2.45) is 11.3 Å². The van der Waals surface area contributed by atoms with Crippen molar-refractivity contribution < 1.29 is 9.90 Å². The van der Waals surface area contributed by atoms with Gasteiger partial charge in [0, 0.05) is 13.1 Å². The standard InChI is InChI=1S/C13H26N2O2/c1-13(2,11-6-4-3-5-7-11)10-15-12(17)14-8-9-16/h11,16H,3-10H2,1-2H3,(H2,14,15,17). The zero-order valence-electron chi connectivity index (χ0n) is 11.1. The Labute approximate surface area is 104 Å². The van der Waals surface area contributed by atoms with Crippen LogP contribution in [0.15, 0.2) is 0 Å². The fourth-order valence-corrected chi connectivity index (χ4v) is 2.57. The summed E-state index contributed by atoms with van der Waals surface area (Å²) >= 11 is 0. The molecule has 100 valence electrons. The number of amides is 2. The molecule has 0 spiro atoms. The predicted octanol–water partition coefficient (Wildman–Crippen LogP) is 1.88. The third kappa shape index (κ3) is 4.94. The maximum atomic E-state index is 11.4. The molecule has 17 heavy (non-hydrogen) atoms. The number of nitrogens with one attached hydrogen (secondary N) is 2. The predicted molar refractivity (Wildman–Crippen MR) is 68.8 cm³/mol. The van der Waals surface area contributed by atoms with E-state index in [0.29, 0.717) is 13.1 Å². The molecule has 0 aromatic heterocycles. The van der Waals surface area contributed by atoms with Gasteiger partial charge in [0.05, 0.1) is 6.61 Å². The van der Waals surface area contributed by atoms with Crippen molar-refractivity contribution in [3.8, 4) is 0 Å². The second-order valence-corrected chi connectivity index (χ2v) is 5.66. The molecule has 0 unspecified atom stereocenters. The number of aliphatic hydroxyl groups is 1. The van der Waals surface area contributed by atoms with Crippen molar-refractivity contribution in [3.63, 3.8) is 0 Å². The molecule has 1 fully saturated rings. The molecular weight excluding hydrogens is 216 g/mol. The van der Waals surface area contributed by atoms with Gasteiger partial charge in [-0.2, -0.15) is 0 Å². The lowest BCUT2D eigenvalue weighted by Crippen LogP contribution is -2.44. The molecular formula is C13H26N2O2. The Balaban J connectivity index is 2.29.